The van der Waals surface area contributed by atoms with Gasteiger partial charge in [0.2, 0.25) is 0 Å². The van der Waals surface area contributed by atoms with Crippen LogP contribution in [-0.4, -0.2) is 19.9 Å². The molecule has 1 N–H and O–H groups in total. The monoisotopic (exact) mass is 268 g/mol. The second-order valence-electron chi connectivity index (χ2n) is 4.11. The fraction of sp³-hybridized carbons (Fsp3) is 0. The molecule has 0 aliphatic carbocycles. The number of rotatable bonds is 2. The van der Waals surface area contributed by atoms with Crippen molar-refractivity contribution < 1.29 is 4.92 Å². The molecule has 0 aliphatic rings. The van der Waals surface area contributed by atoms with Crippen LogP contribution in [0.2, 0.25) is 0 Å². The molecule has 0 amide bonds. The highest BCUT2D eigenvalue weighted by atomic mass is 16.6. The number of nitrogens with zero attached hydrogens (tertiary/aromatic N) is 3. The fourth-order valence-electron chi connectivity index (χ4n) is 1.89. The molecule has 7 heteroatoms. The Kier molecular flexibility index (Phi) is 2.72. The van der Waals surface area contributed by atoms with Crippen LogP contribution >= 0.6 is 0 Å². The van der Waals surface area contributed by atoms with Crippen molar-refractivity contribution in [1.29, 1.82) is 0 Å². The van der Waals surface area contributed by atoms with Gasteiger partial charge in [-0.25, -0.2) is 4.98 Å². The Morgan fingerprint density at radius 3 is 2.90 bits per heavy atom. The normalized spacial score (nSPS) is 10.6. The number of aromatic nitrogens is 3. The number of non-ortho nitro benzene ring substituents is 1. The lowest BCUT2D eigenvalue weighted by Gasteiger charge is -2.02. The van der Waals surface area contributed by atoms with Crippen molar-refractivity contribution in [2.45, 2.75) is 0 Å². The van der Waals surface area contributed by atoms with Crippen LogP contribution in [0.4, 0.5) is 5.69 Å². The molecule has 0 spiro atoms. The molecule has 0 saturated carbocycles. The number of hydrogen-bond acceptors (Lipinski definition) is 5. The van der Waals surface area contributed by atoms with Crippen LogP contribution < -0.4 is 5.56 Å². The van der Waals surface area contributed by atoms with Crippen molar-refractivity contribution in [2.24, 2.45) is 0 Å². The molecule has 98 valence electrons. The maximum atomic E-state index is 11.9. The first-order chi connectivity index (χ1) is 9.65. The lowest BCUT2D eigenvalue weighted by Crippen LogP contribution is -2.09. The zero-order valence-corrected chi connectivity index (χ0v) is 10.1. The van der Waals surface area contributed by atoms with Gasteiger partial charge < -0.3 is 4.98 Å². The molecule has 0 fully saturated rings. The van der Waals surface area contributed by atoms with Crippen LogP contribution in [0.25, 0.3) is 22.3 Å². The minimum Gasteiger partial charge on any atom is -0.306 e. The molecule has 20 heavy (non-hydrogen) atoms. The standard InChI is InChI=1S/C13H8N4O3/c18-13-10-7-14-5-4-11(10)15-12(16-13)8-2-1-3-9(6-8)17(19)20/h1-7H,(H,15,16,18). The van der Waals surface area contributed by atoms with E-state index >= 15 is 0 Å². The van der Waals surface area contributed by atoms with Gasteiger partial charge in [-0.3, -0.25) is 19.9 Å². The Morgan fingerprint density at radius 1 is 1.25 bits per heavy atom. The molecule has 2 heterocycles. The predicted molar refractivity (Wildman–Crippen MR) is 72.2 cm³/mol. The lowest BCUT2D eigenvalue weighted by atomic mass is 10.2. The molecular weight excluding hydrogens is 260 g/mol. The third-order valence-electron chi connectivity index (χ3n) is 2.84. The molecule has 0 saturated heterocycles. The topological polar surface area (TPSA) is 102 Å². The van der Waals surface area contributed by atoms with Gasteiger partial charge in [-0.05, 0) is 6.07 Å². The Balaban J connectivity index is 2.22. The van der Waals surface area contributed by atoms with Crippen molar-refractivity contribution in [3.63, 3.8) is 0 Å². The maximum absolute atomic E-state index is 11.9. The van der Waals surface area contributed by atoms with E-state index in [1.165, 1.54) is 24.5 Å². The third kappa shape index (κ3) is 2.01. The van der Waals surface area contributed by atoms with E-state index in [0.717, 1.165) is 0 Å². The highest BCUT2D eigenvalue weighted by Crippen LogP contribution is 2.21. The molecule has 1 aromatic carbocycles. The molecule has 0 aliphatic heterocycles. The molecule has 3 aromatic rings. The zero-order valence-electron chi connectivity index (χ0n) is 10.1. The predicted octanol–water partition coefficient (Wildman–Crippen LogP) is 1.89. The number of pyridine rings is 1. The average Bonchev–Trinajstić information content (AvgIpc) is 2.47. The molecule has 2 aromatic heterocycles. The minimum atomic E-state index is -0.493. The molecule has 0 atom stereocenters. The minimum absolute atomic E-state index is 0.0556. The maximum Gasteiger partial charge on any atom is 0.270 e. The number of hydrogen-bond donors (Lipinski definition) is 1. The summed E-state index contributed by atoms with van der Waals surface area (Å²) in [6.07, 6.45) is 2.96. The van der Waals surface area contributed by atoms with E-state index in [4.69, 9.17) is 0 Å². The summed E-state index contributed by atoms with van der Waals surface area (Å²) in [6, 6.07) is 7.56. The Morgan fingerprint density at radius 2 is 2.10 bits per heavy atom. The van der Waals surface area contributed by atoms with Crippen molar-refractivity contribution in [2.75, 3.05) is 0 Å². The van der Waals surface area contributed by atoms with Crippen molar-refractivity contribution in [3.05, 3.63) is 63.2 Å². The number of nitrogens with one attached hydrogen (secondary N) is 1. The number of H-pyrrole nitrogens is 1. The zero-order chi connectivity index (χ0) is 14.1. The van der Waals surface area contributed by atoms with E-state index < -0.39 is 4.92 Å². The van der Waals surface area contributed by atoms with Gasteiger partial charge in [-0.1, -0.05) is 12.1 Å². The molecular formula is C13H8N4O3. The van der Waals surface area contributed by atoms with Crippen LogP contribution in [0.1, 0.15) is 0 Å². The van der Waals surface area contributed by atoms with Crippen LogP contribution in [0.5, 0.6) is 0 Å². The van der Waals surface area contributed by atoms with E-state index in [2.05, 4.69) is 15.0 Å². The van der Waals surface area contributed by atoms with Crippen LogP contribution in [0.15, 0.2) is 47.5 Å². The molecule has 0 bridgehead atoms. The summed E-state index contributed by atoms with van der Waals surface area (Å²) < 4.78 is 0. The summed E-state index contributed by atoms with van der Waals surface area (Å²) in [5.41, 5.74) is 0.588. The molecule has 0 radical (unpaired) electrons. The summed E-state index contributed by atoms with van der Waals surface area (Å²) in [5.74, 6) is 0.289. The quantitative estimate of drug-likeness (QED) is 0.564. The number of fused-ring (bicyclic) bond motifs is 1. The third-order valence-corrected chi connectivity index (χ3v) is 2.84. The first-order valence-electron chi connectivity index (χ1n) is 5.74. The Bertz CT molecular complexity index is 873. The highest BCUT2D eigenvalue weighted by molar-refractivity contribution is 5.78. The van der Waals surface area contributed by atoms with Gasteiger partial charge in [-0.2, -0.15) is 0 Å². The summed E-state index contributed by atoms with van der Waals surface area (Å²) in [5, 5.41) is 11.1. The van der Waals surface area contributed by atoms with E-state index in [-0.39, 0.29) is 17.1 Å². The number of nitro groups is 1. The first-order valence-corrected chi connectivity index (χ1v) is 5.74. The van der Waals surface area contributed by atoms with E-state index in [1.54, 1.807) is 18.2 Å². The second-order valence-corrected chi connectivity index (χ2v) is 4.11. The summed E-state index contributed by atoms with van der Waals surface area (Å²) >= 11 is 0. The molecule has 0 unspecified atom stereocenters. The second kappa shape index (κ2) is 4.54. The average molecular weight is 268 g/mol. The van der Waals surface area contributed by atoms with Gasteiger partial charge in [0, 0.05) is 30.1 Å². The van der Waals surface area contributed by atoms with Gasteiger partial charge in [0.05, 0.1) is 15.8 Å². The number of nitro benzene ring substituents is 1. The van der Waals surface area contributed by atoms with Gasteiger partial charge in [0.25, 0.3) is 11.2 Å². The van der Waals surface area contributed by atoms with Crippen LogP contribution in [-0.2, 0) is 0 Å². The first kappa shape index (κ1) is 12.0. The van der Waals surface area contributed by atoms with Crippen molar-refractivity contribution in [3.8, 4) is 11.4 Å². The van der Waals surface area contributed by atoms with Gasteiger partial charge in [0.1, 0.15) is 5.82 Å². The van der Waals surface area contributed by atoms with Gasteiger partial charge >= 0.3 is 0 Å². The lowest BCUT2D eigenvalue weighted by molar-refractivity contribution is -0.384. The Labute approximate surface area is 112 Å². The SMILES string of the molecule is O=c1[nH]c(-c2cccc([N+](=O)[O-])c2)nc2ccncc12. The van der Waals surface area contributed by atoms with E-state index in [9.17, 15) is 14.9 Å². The summed E-state index contributed by atoms with van der Waals surface area (Å²) in [4.78, 5) is 33.0. The number of benzene rings is 1. The smallest absolute Gasteiger partial charge is 0.270 e. The van der Waals surface area contributed by atoms with Gasteiger partial charge in [0.15, 0.2) is 0 Å². The van der Waals surface area contributed by atoms with Crippen LogP contribution in [0, 0.1) is 10.1 Å². The van der Waals surface area contributed by atoms with Crippen molar-refractivity contribution >= 4 is 16.6 Å². The molecule has 7 nitrogen and oxygen atoms in total. The summed E-state index contributed by atoms with van der Waals surface area (Å²) in [7, 11) is 0. The van der Waals surface area contributed by atoms with Crippen LogP contribution in [0.3, 0.4) is 0 Å². The van der Waals surface area contributed by atoms with E-state index in [0.29, 0.717) is 16.5 Å². The highest BCUT2D eigenvalue weighted by Gasteiger charge is 2.10. The van der Waals surface area contributed by atoms with Crippen molar-refractivity contribution in [1.82, 2.24) is 15.0 Å². The summed E-state index contributed by atoms with van der Waals surface area (Å²) in [6.45, 7) is 0. The van der Waals surface area contributed by atoms with E-state index in [1.807, 2.05) is 0 Å². The fourth-order valence-corrected chi connectivity index (χ4v) is 1.89. The Hall–Kier alpha value is -3.09. The number of aromatic amines is 1. The van der Waals surface area contributed by atoms with Gasteiger partial charge in [-0.15, -0.1) is 0 Å². The largest absolute Gasteiger partial charge is 0.306 e. The molecule has 3 rings (SSSR count).